The minimum absolute atomic E-state index is 0. The molecule has 0 saturated carbocycles. The van der Waals surface area contributed by atoms with Crippen molar-refractivity contribution in [2.45, 2.75) is 46.2 Å². The van der Waals surface area contributed by atoms with Gasteiger partial charge in [0.15, 0.2) is 11.5 Å². The molecular formula is C17H27ClN2O3. The summed E-state index contributed by atoms with van der Waals surface area (Å²) in [4.78, 5) is 14.1. The van der Waals surface area contributed by atoms with E-state index in [9.17, 15) is 4.79 Å². The van der Waals surface area contributed by atoms with Crippen LogP contribution in [0.1, 0.15) is 38.3 Å². The summed E-state index contributed by atoms with van der Waals surface area (Å²) >= 11 is 0. The number of hydrogen-bond acceptors (Lipinski definition) is 4. The standard InChI is InChI=1S/C17H26N2O3.ClH/c1-4-21-15-9-13-6-7-19(17(20)8-12(3)18)11-14(13)10-16(15)22-5-2;/h9-10,12H,4-8,11,18H2,1-3H3;1H. The first-order chi connectivity index (χ1) is 10.5. The van der Waals surface area contributed by atoms with Gasteiger partial charge in [0.2, 0.25) is 5.91 Å². The third-order valence-corrected chi connectivity index (χ3v) is 3.73. The Morgan fingerprint density at radius 3 is 2.30 bits per heavy atom. The van der Waals surface area contributed by atoms with Crippen molar-refractivity contribution in [1.29, 1.82) is 0 Å². The van der Waals surface area contributed by atoms with Crippen LogP contribution in [-0.4, -0.2) is 36.6 Å². The van der Waals surface area contributed by atoms with Gasteiger partial charge in [0, 0.05) is 25.6 Å². The molecule has 1 atom stereocenters. The lowest BCUT2D eigenvalue weighted by Gasteiger charge is -2.30. The average molecular weight is 343 g/mol. The molecule has 6 heteroatoms. The molecule has 0 radical (unpaired) electrons. The molecule has 0 spiro atoms. The lowest BCUT2D eigenvalue weighted by Crippen LogP contribution is -2.38. The smallest absolute Gasteiger partial charge is 0.224 e. The molecule has 5 nitrogen and oxygen atoms in total. The minimum atomic E-state index is -0.104. The van der Waals surface area contributed by atoms with E-state index in [-0.39, 0.29) is 24.4 Å². The van der Waals surface area contributed by atoms with Crippen molar-refractivity contribution in [3.63, 3.8) is 0 Å². The normalized spacial score (nSPS) is 14.5. The summed E-state index contributed by atoms with van der Waals surface area (Å²) in [6.07, 6.45) is 1.23. The molecule has 1 aliphatic rings. The lowest BCUT2D eigenvalue weighted by atomic mass is 9.98. The first kappa shape index (κ1) is 19.6. The lowest BCUT2D eigenvalue weighted by molar-refractivity contribution is -0.132. The van der Waals surface area contributed by atoms with Crippen molar-refractivity contribution < 1.29 is 14.3 Å². The van der Waals surface area contributed by atoms with Gasteiger partial charge in [-0.25, -0.2) is 0 Å². The van der Waals surface area contributed by atoms with Gasteiger partial charge in [0.1, 0.15) is 0 Å². The van der Waals surface area contributed by atoms with Crippen LogP contribution in [0.25, 0.3) is 0 Å². The molecular weight excluding hydrogens is 316 g/mol. The first-order valence-corrected chi connectivity index (χ1v) is 7.99. The maximum atomic E-state index is 12.2. The summed E-state index contributed by atoms with van der Waals surface area (Å²) in [5.41, 5.74) is 8.10. The summed E-state index contributed by atoms with van der Waals surface area (Å²) < 4.78 is 11.3. The number of halogens is 1. The number of benzene rings is 1. The number of nitrogens with two attached hydrogens (primary N) is 1. The number of hydrogen-bond donors (Lipinski definition) is 1. The van der Waals surface area contributed by atoms with Crippen LogP contribution in [0.4, 0.5) is 0 Å². The monoisotopic (exact) mass is 342 g/mol. The Bertz CT molecular complexity index is 535. The average Bonchev–Trinajstić information content (AvgIpc) is 2.47. The molecule has 1 aromatic carbocycles. The predicted molar refractivity (Wildman–Crippen MR) is 93.4 cm³/mol. The minimum Gasteiger partial charge on any atom is -0.490 e. The van der Waals surface area contributed by atoms with Crippen LogP contribution >= 0.6 is 12.4 Å². The molecule has 0 aliphatic carbocycles. The van der Waals surface area contributed by atoms with Gasteiger partial charge in [0.05, 0.1) is 13.2 Å². The fraction of sp³-hybridized carbons (Fsp3) is 0.588. The number of fused-ring (bicyclic) bond motifs is 1. The fourth-order valence-corrected chi connectivity index (χ4v) is 2.72. The summed E-state index contributed by atoms with van der Waals surface area (Å²) in [5, 5.41) is 0. The summed E-state index contributed by atoms with van der Waals surface area (Å²) in [7, 11) is 0. The Labute approximate surface area is 144 Å². The van der Waals surface area contributed by atoms with E-state index in [1.54, 1.807) is 0 Å². The summed E-state index contributed by atoms with van der Waals surface area (Å²) in [6, 6.07) is 3.96. The van der Waals surface area contributed by atoms with E-state index < -0.39 is 0 Å². The number of amides is 1. The highest BCUT2D eigenvalue weighted by Crippen LogP contribution is 2.34. The molecule has 1 aliphatic heterocycles. The van der Waals surface area contributed by atoms with Crippen LogP contribution in [0.5, 0.6) is 11.5 Å². The van der Waals surface area contributed by atoms with Crippen molar-refractivity contribution >= 4 is 18.3 Å². The van der Waals surface area contributed by atoms with E-state index in [1.165, 1.54) is 5.56 Å². The zero-order valence-electron chi connectivity index (χ0n) is 14.1. The highest BCUT2D eigenvalue weighted by atomic mass is 35.5. The third-order valence-electron chi connectivity index (χ3n) is 3.73. The molecule has 1 unspecified atom stereocenters. The molecule has 0 bridgehead atoms. The SMILES string of the molecule is CCOc1cc2c(cc1OCC)CN(C(=O)CC(C)N)CC2.Cl. The molecule has 1 aromatic rings. The zero-order chi connectivity index (χ0) is 16.1. The Kier molecular flexibility index (Phi) is 7.65. The second-order valence-corrected chi connectivity index (χ2v) is 5.68. The number of carbonyl (C=O) groups excluding carboxylic acids is 1. The highest BCUT2D eigenvalue weighted by molar-refractivity contribution is 5.85. The van der Waals surface area contributed by atoms with Crippen molar-refractivity contribution in [2.75, 3.05) is 19.8 Å². The molecule has 0 aromatic heterocycles. The number of carbonyl (C=O) groups is 1. The van der Waals surface area contributed by atoms with Gasteiger partial charge in [-0.3, -0.25) is 4.79 Å². The van der Waals surface area contributed by atoms with Gasteiger partial charge < -0.3 is 20.1 Å². The molecule has 23 heavy (non-hydrogen) atoms. The van der Waals surface area contributed by atoms with Crippen molar-refractivity contribution in [1.82, 2.24) is 4.90 Å². The molecule has 1 heterocycles. The molecule has 2 N–H and O–H groups in total. The van der Waals surface area contributed by atoms with E-state index in [1.807, 2.05) is 31.7 Å². The van der Waals surface area contributed by atoms with Crippen LogP contribution in [0.3, 0.4) is 0 Å². The first-order valence-electron chi connectivity index (χ1n) is 7.99. The number of ether oxygens (including phenoxy) is 2. The largest absolute Gasteiger partial charge is 0.490 e. The molecule has 1 amide bonds. The van der Waals surface area contributed by atoms with Crippen LogP contribution in [0.15, 0.2) is 12.1 Å². The molecule has 0 saturated heterocycles. The predicted octanol–water partition coefficient (Wildman–Crippen LogP) is 2.53. The Morgan fingerprint density at radius 1 is 1.22 bits per heavy atom. The third kappa shape index (κ3) is 5.01. The Hall–Kier alpha value is -1.46. The molecule has 2 rings (SSSR count). The summed E-state index contributed by atoms with van der Waals surface area (Å²) in [5.74, 6) is 1.66. The number of rotatable bonds is 6. The maximum Gasteiger partial charge on any atom is 0.224 e. The maximum absolute atomic E-state index is 12.2. The van der Waals surface area contributed by atoms with Gasteiger partial charge in [-0.05, 0) is 50.5 Å². The second-order valence-electron chi connectivity index (χ2n) is 5.68. The van der Waals surface area contributed by atoms with Crippen LogP contribution in [-0.2, 0) is 17.8 Å². The van der Waals surface area contributed by atoms with E-state index in [4.69, 9.17) is 15.2 Å². The Balaban J connectivity index is 0.00000264. The van der Waals surface area contributed by atoms with Gasteiger partial charge in [0.25, 0.3) is 0 Å². The van der Waals surface area contributed by atoms with Crippen LogP contribution in [0.2, 0.25) is 0 Å². The van der Waals surface area contributed by atoms with Gasteiger partial charge in [-0.15, -0.1) is 12.4 Å². The van der Waals surface area contributed by atoms with E-state index in [2.05, 4.69) is 6.07 Å². The highest BCUT2D eigenvalue weighted by Gasteiger charge is 2.23. The van der Waals surface area contributed by atoms with Crippen molar-refractivity contribution in [2.24, 2.45) is 5.73 Å². The summed E-state index contributed by atoms with van der Waals surface area (Å²) in [6.45, 7) is 8.32. The van der Waals surface area contributed by atoms with E-state index in [0.29, 0.717) is 26.2 Å². The van der Waals surface area contributed by atoms with Crippen LogP contribution < -0.4 is 15.2 Å². The molecule has 130 valence electrons. The fourth-order valence-electron chi connectivity index (χ4n) is 2.72. The topological polar surface area (TPSA) is 64.8 Å². The molecule has 0 fully saturated rings. The van der Waals surface area contributed by atoms with Crippen molar-refractivity contribution in [3.05, 3.63) is 23.3 Å². The number of nitrogens with zero attached hydrogens (tertiary/aromatic N) is 1. The van der Waals surface area contributed by atoms with E-state index >= 15 is 0 Å². The quantitative estimate of drug-likeness (QED) is 0.862. The van der Waals surface area contributed by atoms with Crippen molar-refractivity contribution in [3.8, 4) is 11.5 Å². The zero-order valence-corrected chi connectivity index (χ0v) is 14.9. The van der Waals surface area contributed by atoms with E-state index in [0.717, 1.165) is 30.0 Å². The van der Waals surface area contributed by atoms with Crippen LogP contribution in [0, 0.1) is 0 Å². The second kappa shape index (κ2) is 8.99. The van der Waals surface area contributed by atoms with Gasteiger partial charge in [-0.2, -0.15) is 0 Å². The Morgan fingerprint density at radius 2 is 1.78 bits per heavy atom. The van der Waals surface area contributed by atoms with Gasteiger partial charge in [-0.1, -0.05) is 0 Å². The van der Waals surface area contributed by atoms with Gasteiger partial charge >= 0.3 is 0 Å².